The van der Waals surface area contributed by atoms with Crippen LogP contribution in [-0.2, 0) is 15.5 Å². The van der Waals surface area contributed by atoms with Crippen molar-refractivity contribution in [2.45, 2.75) is 44.0 Å². The third kappa shape index (κ3) is 2.33. The van der Waals surface area contributed by atoms with Gasteiger partial charge in [-0.15, -0.1) is 0 Å². The highest BCUT2D eigenvalue weighted by molar-refractivity contribution is 7.93. The van der Waals surface area contributed by atoms with Crippen LogP contribution in [-0.4, -0.2) is 21.3 Å². The Morgan fingerprint density at radius 3 is 2.69 bits per heavy atom. The molecule has 0 spiro atoms. The Hall–Kier alpha value is -0.310. The average molecular weight is 200 g/mol. The van der Waals surface area contributed by atoms with Crippen molar-refractivity contribution in [2.75, 3.05) is 5.75 Å². The maximum atomic E-state index is 10.9. The molecule has 0 radical (unpaired) electrons. The van der Waals surface area contributed by atoms with Crippen molar-refractivity contribution in [3.8, 4) is 0 Å². The molecule has 1 saturated heterocycles. The summed E-state index contributed by atoms with van der Waals surface area (Å²) in [5.41, 5.74) is 1.43. The lowest BCUT2D eigenvalue weighted by molar-refractivity contribution is 0.166. The van der Waals surface area contributed by atoms with Crippen molar-refractivity contribution in [1.82, 2.24) is 0 Å². The van der Waals surface area contributed by atoms with Gasteiger partial charge in [-0.25, -0.2) is 0 Å². The molecule has 1 heterocycles. The normalized spacial score (nSPS) is 34.4. The van der Waals surface area contributed by atoms with E-state index in [0.29, 0.717) is 5.25 Å². The Morgan fingerprint density at radius 2 is 2.15 bits per heavy atom. The zero-order valence-electron chi connectivity index (χ0n) is 7.99. The summed E-state index contributed by atoms with van der Waals surface area (Å²) in [4.78, 5) is 0. The summed E-state index contributed by atoms with van der Waals surface area (Å²) in [5, 5.41) is 0.304. The standard InChI is InChI=1S/C10H16O2S/c1-8(10-7-13(10)11)12-6-9-4-2-3-5-9/h6,8,10H,2-5,7H2,1H3. The molecule has 2 fully saturated rings. The van der Waals surface area contributed by atoms with E-state index in [9.17, 15) is 4.21 Å². The summed E-state index contributed by atoms with van der Waals surface area (Å²) < 4.78 is 16.5. The second-order valence-electron chi connectivity index (χ2n) is 3.91. The first kappa shape index (κ1) is 9.25. The van der Waals surface area contributed by atoms with Crippen LogP contribution >= 0.6 is 0 Å². The van der Waals surface area contributed by atoms with Crippen LogP contribution in [0.2, 0.25) is 0 Å². The number of hydrogen-bond acceptors (Lipinski definition) is 2. The van der Waals surface area contributed by atoms with Gasteiger partial charge in [0.25, 0.3) is 0 Å². The fourth-order valence-electron chi connectivity index (χ4n) is 1.71. The fourth-order valence-corrected chi connectivity index (χ4v) is 2.88. The zero-order chi connectivity index (χ0) is 9.26. The topological polar surface area (TPSA) is 26.3 Å². The van der Waals surface area contributed by atoms with Crippen molar-refractivity contribution in [3.05, 3.63) is 11.8 Å². The highest BCUT2D eigenvalue weighted by Crippen LogP contribution is 2.26. The molecule has 13 heavy (non-hydrogen) atoms. The van der Waals surface area contributed by atoms with Gasteiger partial charge in [0, 0.05) is 16.6 Å². The average Bonchev–Trinajstić information content (AvgIpc) is 2.68. The molecule has 0 N–H and O–H groups in total. The van der Waals surface area contributed by atoms with E-state index in [4.69, 9.17) is 4.74 Å². The quantitative estimate of drug-likeness (QED) is 0.514. The Kier molecular flexibility index (Phi) is 2.72. The highest BCUT2D eigenvalue weighted by Gasteiger charge is 2.39. The molecule has 0 aromatic carbocycles. The lowest BCUT2D eigenvalue weighted by Gasteiger charge is -2.08. The second-order valence-corrected chi connectivity index (χ2v) is 5.61. The monoisotopic (exact) mass is 200 g/mol. The van der Waals surface area contributed by atoms with Crippen LogP contribution in [0.1, 0.15) is 32.6 Å². The summed E-state index contributed by atoms with van der Waals surface area (Å²) in [7, 11) is -0.586. The van der Waals surface area contributed by atoms with Crippen molar-refractivity contribution in [1.29, 1.82) is 0 Å². The summed E-state index contributed by atoms with van der Waals surface area (Å²) in [6.45, 7) is 2.02. The van der Waals surface area contributed by atoms with Crippen LogP contribution in [0.4, 0.5) is 0 Å². The molecule has 74 valence electrons. The first-order valence-corrected chi connectivity index (χ1v) is 6.36. The van der Waals surface area contributed by atoms with Gasteiger partial charge in [0.15, 0.2) is 0 Å². The molecule has 3 atom stereocenters. The Morgan fingerprint density at radius 1 is 1.54 bits per heavy atom. The van der Waals surface area contributed by atoms with Crippen LogP contribution in [0.25, 0.3) is 0 Å². The third-order valence-corrected chi connectivity index (χ3v) is 4.25. The summed E-state index contributed by atoms with van der Waals surface area (Å²) in [5.74, 6) is 0.838. The predicted octanol–water partition coefficient (Wildman–Crippen LogP) is 1.98. The lowest BCUT2D eigenvalue weighted by atomic mass is 10.2. The van der Waals surface area contributed by atoms with E-state index in [2.05, 4.69) is 0 Å². The molecular formula is C10H16O2S. The summed E-state index contributed by atoms with van der Waals surface area (Å²) >= 11 is 0. The maximum Gasteiger partial charge on any atom is 0.110 e. The first-order valence-electron chi connectivity index (χ1n) is 4.98. The zero-order valence-corrected chi connectivity index (χ0v) is 8.81. The van der Waals surface area contributed by atoms with Gasteiger partial charge in [0.1, 0.15) is 6.10 Å². The molecule has 1 saturated carbocycles. The van der Waals surface area contributed by atoms with Crippen LogP contribution < -0.4 is 0 Å². The molecule has 0 aromatic rings. The van der Waals surface area contributed by atoms with E-state index in [1.165, 1.54) is 31.3 Å². The molecule has 2 nitrogen and oxygen atoms in total. The minimum Gasteiger partial charge on any atom is -0.497 e. The van der Waals surface area contributed by atoms with E-state index in [0.717, 1.165) is 5.75 Å². The van der Waals surface area contributed by atoms with Crippen molar-refractivity contribution in [2.24, 2.45) is 0 Å². The Bertz CT molecular complexity index is 239. The Balaban J connectivity index is 1.77. The molecule has 3 unspecified atom stereocenters. The minimum absolute atomic E-state index is 0.147. The molecule has 1 aliphatic heterocycles. The van der Waals surface area contributed by atoms with Crippen molar-refractivity contribution in [3.63, 3.8) is 0 Å². The van der Waals surface area contributed by atoms with Crippen LogP contribution in [0, 0.1) is 0 Å². The molecule has 0 amide bonds. The van der Waals surface area contributed by atoms with Crippen molar-refractivity contribution >= 4 is 10.8 Å². The lowest BCUT2D eigenvalue weighted by Crippen LogP contribution is -2.12. The molecule has 0 bridgehead atoms. The van der Waals surface area contributed by atoms with E-state index < -0.39 is 10.8 Å². The molecule has 1 aliphatic carbocycles. The maximum absolute atomic E-state index is 10.9. The largest absolute Gasteiger partial charge is 0.497 e. The van der Waals surface area contributed by atoms with Gasteiger partial charge >= 0.3 is 0 Å². The van der Waals surface area contributed by atoms with Gasteiger partial charge < -0.3 is 4.74 Å². The summed E-state index contributed by atoms with van der Waals surface area (Å²) in [6, 6.07) is 0. The molecular weight excluding hydrogens is 184 g/mol. The van der Waals surface area contributed by atoms with E-state index >= 15 is 0 Å². The van der Waals surface area contributed by atoms with Gasteiger partial charge in [-0.3, -0.25) is 4.21 Å². The number of hydrogen-bond donors (Lipinski definition) is 0. The number of ether oxygens (including phenoxy) is 1. The molecule has 2 rings (SSSR count). The SMILES string of the molecule is CC(OC=C1CCCC1)C1CS1=O. The molecule has 3 heteroatoms. The number of rotatable bonds is 3. The molecule has 0 aromatic heterocycles. The predicted molar refractivity (Wildman–Crippen MR) is 53.9 cm³/mol. The number of allylic oxidation sites excluding steroid dienone is 1. The summed E-state index contributed by atoms with van der Waals surface area (Å²) in [6.07, 6.45) is 7.06. The van der Waals surface area contributed by atoms with Gasteiger partial charge in [0.05, 0.1) is 11.5 Å². The van der Waals surface area contributed by atoms with Crippen molar-refractivity contribution < 1.29 is 8.95 Å². The van der Waals surface area contributed by atoms with E-state index in [1.807, 2.05) is 13.2 Å². The van der Waals surface area contributed by atoms with Gasteiger partial charge in [0.2, 0.25) is 0 Å². The second kappa shape index (κ2) is 3.82. The minimum atomic E-state index is -0.586. The van der Waals surface area contributed by atoms with Crippen LogP contribution in [0.3, 0.4) is 0 Å². The van der Waals surface area contributed by atoms with Gasteiger partial charge in [-0.2, -0.15) is 0 Å². The van der Waals surface area contributed by atoms with Crippen LogP contribution in [0.15, 0.2) is 11.8 Å². The fraction of sp³-hybridized carbons (Fsp3) is 0.800. The van der Waals surface area contributed by atoms with E-state index in [-0.39, 0.29) is 6.10 Å². The van der Waals surface area contributed by atoms with Crippen LogP contribution in [0.5, 0.6) is 0 Å². The van der Waals surface area contributed by atoms with Gasteiger partial charge in [-0.05, 0) is 38.2 Å². The first-order chi connectivity index (χ1) is 6.27. The highest BCUT2D eigenvalue weighted by atomic mass is 32.2. The Labute approximate surface area is 81.8 Å². The van der Waals surface area contributed by atoms with E-state index in [1.54, 1.807) is 0 Å². The van der Waals surface area contributed by atoms with Gasteiger partial charge in [-0.1, -0.05) is 0 Å². The third-order valence-electron chi connectivity index (χ3n) is 2.77. The smallest absolute Gasteiger partial charge is 0.110 e. The molecule has 2 aliphatic rings.